The van der Waals surface area contributed by atoms with E-state index in [-0.39, 0.29) is 25.4 Å². The van der Waals surface area contributed by atoms with Crippen LogP contribution in [0.1, 0.15) is 29.7 Å². The maximum atomic E-state index is 15.2. The number of aromatic nitrogens is 2. The van der Waals surface area contributed by atoms with Crippen molar-refractivity contribution in [3.63, 3.8) is 0 Å². The highest BCUT2D eigenvalue weighted by Crippen LogP contribution is 2.36. The minimum absolute atomic E-state index is 0.0261. The molecule has 0 aliphatic carbocycles. The van der Waals surface area contributed by atoms with Gasteiger partial charge in [-0.3, -0.25) is 14.2 Å². The van der Waals surface area contributed by atoms with E-state index in [2.05, 4.69) is 9.82 Å². The molecule has 33 heavy (non-hydrogen) atoms. The molecule has 1 amide bonds. The van der Waals surface area contributed by atoms with E-state index < -0.39 is 5.83 Å². The first-order valence-electron chi connectivity index (χ1n) is 9.66. The van der Waals surface area contributed by atoms with Gasteiger partial charge in [0, 0.05) is 34.0 Å². The molecule has 3 aromatic rings. The van der Waals surface area contributed by atoms with Crippen LogP contribution in [0, 0.1) is 0 Å². The predicted molar refractivity (Wildman–Crippen MR) is 133 cm³/mol. The van der Waals surface area contributed by atoms with Gasteiger partial charge in [-0.2, -0.15) is 5.10 Å². The Morgan fingerprint density at radius 3 is 2.73 bits per heavy atom. The van der Waals surface area contributed by atoms with Gasteiger partial charge >= 0.3 is 0 Å². The van der Waals surface area contributed by atoms with Crippen molar-refractivity contribution in [3.8, 4) is 0 Å². The van der Waals surface area contributed by atoms with Gasteiger partial charge < -0.3 is 4.74 Å². The fraction of sp³-hybridized carbons (Fsp3) is 0.238. The average molecular weight is 567 g/mol. The summed E-state index contributed by atoms with van der Waals surface area (Å²) < 4.78 is 26.3. The number of nitrogens with zero attached hydrogens (tertiary/aromatic N) is 2. The van der Waals surface area contributed by atoms with Crippen LogP contribution in [-0.2, 0) is 22.7 Å². The molecule has 3 heterocycles. The van der Waals surface area contributed by atoms with Crippen LogP contribution in [0.15, 0.2) is 40.5 Å². The molecule has 1 N–H and O–H groups in total. The van der Waals surface area contributed by atoms with Crippen molar-refractivity contribution in [2.45, 2.75) is 30.2 Å². The summed E-state index contributed by atoms with van der Waals surface area (Å²) in [6, 6.07) is 6.88. The number of nitrogens with one attached hydrogen (secondary N) is 1. The molecule has 12 heteroatoms. The van der Waals surface area contributed by atoms with Crippen LogP contribution >= 0.6 is 69.7 Å². The van der Waals surface area contributed by atoms with Crippen LogP contribution in [0.25, 0.3) is 5.57 Å². The van der Waals surface area contributed by atoms with Crippen LogP contribution in [0.4, 0.5) is 4.39 Å². The zero-order chi connectivity index (χ0) is 23.5. The Hall–Kier alpha value is -1.26. The number of fused-ring (bicyclic) bond motifs is 1. The Bertz CT molecular complexity index is 1210. The Balaban J connectivity index is 1.45. The van der Waals surface area contributed by atoms with E-state index >= 15 is 4.39 Å². The van der Waals surface area contributed by atoms with Crippen molar-refractivity contribution >= 4 is 81.2 Å². The van der Waals surface area contributed by atoms with Gasteiger partial charge in [0.1, 0.15) is 10.2 Å². The van der Waals surface area contributed by atoms with Gasteiger partial charge in [-0.25, -0.2) is 4.39 Å². The lowest BCUT2D eigenvalue weighted by Gasteiger charge is -2.19. The van der Waals surface area contributed by atoms with Crippen molar-refractivity contribution in [2.24, 2.45) is 0 Å². The Morgan fingerprint density at radius 1 is 1.18 bits per heavy atom. The van der Waals surface area contributed by atoms with Gasteiger partial charge in [-0.15, -0.1) is 11.3 Å². The first kappa shape index (κ1) is 24.9. The topological polar surface area (TPSA) is 56.1 Å². The van der Waals surface area contributed by atoms with Crippen molar-refractivity contribution in [2.75, 3.05) is 6.61 Å². The zero-order valence-electron chi connectivity index (χ0n) is 16.8. The number of carbonyl (C=O) groups excluding carboxylic acids is 1. The molecule has 0 fully saturated rings. The Kier molecular flexibility index (Phi) is 8.28. The van der Waals surface area contributed by atoms with Crippen molar-refractivity contribution in [1.82, 2.24) is 14.5 Å². The molecule has 1 aliphatic rings. The molecule has 0 saturated carbocycles. The second-order valence-electron chi connectivity index (χ2n) is 7.10. The largest absolute Gasteiger partial charge is 0.372 e. The number of rotatable bonds is 7. The second-order valence-corrected chi connectivity index (χ2v) is 11.1. The SMILES string of the molecule is O=C(CC/C(F)=C1\COCc2cnn(Cc3ccc(Cl)cc3Cl)c21)NSc1cc(Cl)c(Cl)s1. The molecular formula is C21H16Cl4FN3O2S2. The quantitative estimate of drug-likeness (QED) is 0.302. The summed E-state index contributed by atoms with van der Waals surface area (Å²) in [5, 5.41) is 5.87. The predicted octanol–water partition coefficient (Wildman–Crippen LogP) is 7.42. The molecule has 0 atom stereocenters. The van der Waals surface area contributed by atoms with E-state index in [1.807, 2.05) is 6.07 Å². The zero-order valence-corrected chi connectivity index (χ0v) is 21.5. The van der Waals surface area contributed by atoms with E-state index in [4.69, 9.17) is 51.1 Å². The van der Waals surface area contributed by atoms with Gasteiger partial charge in [0.2, 0.25) is 5.91 Å². The van der Waals surface area contributed by atoms with E-state index in [0.29, 0.717) is 43.8 Å². The molecular weight excluding hydrogens is 551 g/mol. The van der Waals surface area contributed by atoms with Gasteiger partial charge in [0.25, 0.3) is 0 Å². The highest BCUT2D eigenvalue weighted by molar-refractivity contribution is 7.99. The Morgan fingerprint density at radius 2 is 2.00 bits per heavy atom. The summed E-state index contributed by atoms with van der Waals surface area (Å²) in [7, 11) is 0. The highest BCUT2D eigenvalue weighted by Gasteiger charge is 2.24. The lowest BCUT2D eigenvalue weighted by molar-refractivity contribution is -0.119. The smallest absolute Gasteiger partial charge is 0.230 e. The number of carbonyl (C=O) groups is 1. The fourth-order valence-electron chi connectivity index (χ4n) is 3.26. The molecule has 2 aromatic heterocycles. The lowest BCUT2D eigenvalue weighted by Crippen LogP contribution is -2.17. The third-order valence-electron chi connectivity index (χ3n) is 4.83. The number of hydrogen-bond donors (Lipinski definition) is 1. The molecule has 4 rings (SSSR count). The van der Waals surface area contributed by atoms with Crippen LogP contribution in [0.2, 0.25) is 19.4 Å². The van der Waals surface area contributed by atoms with Gasteiger partial charge in [0.15, 0.2) is 0 Å². The number of hydrogen-bond acceptors (Lipinski definition) is 5. The van der Waals surface area contributed by atoms with Crippen LogP contribution in [0.5, 0.6) is 0 Å². The van der Waals surface area contributed by atoms with Crippen molar-refractivity contribution in [3.05, 3.63) is 72.5 Å². The molecule has 0 saturated heterocycles. The van der Waals surface area contributed by atoms with Gasteiger partial charge in [-0.05, 0) is 35.7 Å². The summed E-state index contributed by atoms with van der Waals surface area (Å²) in [4.78, 5) is 12.2. The number of amides is 1. The summed E-state index contributed by atoms with van der Waals surface area (Å²) in [5.74, 6) is -0.725. The Labute approximate surface area is 217 Å². The number of ether oxygens (including phenoxy) is 1. The lowest BCUT2D eigenvalue weighted by atomic mass is 10.0. The normalized spacial score (nSPS) is 14.8. The average Bonchev–Trinajstić information content (AvgIpc) is 3.34. The molecule has 0 unspecified atom stereocenters. The van der Waals surface area contributed by atoms with Crippen molar-refractivity contribution < 1.29 is 13.9 Å². The van der Waals surface area contributed by atoms with Crippen LogP contribution < -0.4 is 4.72 Å². The molecule has 0 radical (unpaired) electrons. The summed E-state index contributed by atoms with van der Waals surface area (Å²) in [6.07, 6.45) is 1.57. The van der Waals surface area contributed by atoms with E-state index in [9.17, 15) is 4.79 Å². The second kappa shape index (κ2) is 11.0. The third kappa shape index (κ3) is 6.06. The maximum Gasteiger partial charge on any atom is 0.230 e. The third-order valence-corrected chi connectivity index (χ3v) is 8.22. The standard InChI is InChI=1S/C21H16Cl4FN3O2S2/c22-13-2-1-11(15(23)5-13)8-29-20-12(7-27-29)9-31-10-14(20)17(26)3-4-18(30)28-33-19-6-16(24)21(25)32-19/h1-2,5-7H,3-4,8-10H2,(H,28,30)/b17-14-. The molecule has 174 valence electrons. The van der Waals surface area contributed by atoms with Gasteiger partial charge in [0.05, 0.1) is 40.9 Å². The van der Waals surface area contributed by atoms with Crippen molar-refractivity contribution in [1.29, 1.82) is 0 Å². The van der Waals surface area contributed by atoms with Crippen LogP contribution in [-0.4, -0.2) is 22.3 Å². The first-order chi connectivity index (χ1) is 15.8. The molecule has 5 nitrogen and oxygen atoms in total. The summed E-state index contributed by atoms with van der Waals surface area (Å²) >= 11 is 26.5. The van der Waals surface area contributed by atoms with Crippen LogP contribution in [0.3, 0.4) is 0 Å². The number of allylic oxidation sites excluding steroid dienone is 1. The summed E-state index contributed by atoms with van der Waals surface area (Å²) in [5.41, 5.74) is 2.63. The molecule has 1 aromatic carbocycles. The molecule has 1 aliphatic heterocycles. The molecule has 0 bridgehead atoms. The number of thiophene rings is 1. The van der Waals surface area contributed by atoms with E-state index in [1.165, 1.54) is 11.3 Å². The maximum absolute atomic E-state index is 15.2. The number of halogens is 5. The molecule has 0 spiro atoms. The highest BCUT2D eigenvalue weighted by atomic mass is 35.5. The summed E-state index contributed by atoms with van der Waals surface area (Å²) in [6.45, 7) is 0.788. The minimum atomic E-state index is -0.415. The minimum Gasteiger partial charge on any atom is -0.372 e. The monoisotopic (exact) mass is 565 g/mol. The van der Waals surface area contributed by atoms with E-state index in [1.54, 1.807) is 29.1 Å². The van der Waals surface area contributed by atoms with E-state index in [0.717, 1.165) is 27.3 Å². The number of benzene rings is 1. The first-order valence-corrected chi connectivity index (χ1v) is 12.8. The van der Waals surface area contributed by atoms with Gasteiger partial charge in [-0.1, -0.05) is 52.5 Å². The fourth-order valence-corrected chi connectivity index (χ4v) is 6.07.